The third-order valence-corrected chi connectivity index (χ3v) is 3.05. The van der Waals surface area contributed by atoms with Gasteiger partial charge in [0, 0.05) is 10.6 Å². The van der Waals surface area contributed by atoms with E-state index >= 15 is 0 Å². The Morgan fingerprint density at radius 2 is 1.75 bits per heavy atom. The molecular weight excluding hydrogens is 274 g/mol. The summed E-state index contributed by atoms with van der Waals surface area (Å²) < 4.78 is 5.10. The molecular formula is C16H14ClNO2. The maximum Gasteiger partial charge on any atom is 0.118 e. The highest BCUT2D eigenvalue weighted by Crippen LogP contribution is 2.14. The molecule has 0 aliphatic heterocycles. The number of methoxy groups -OCH3 is 1. The predicted molar refractivity (Wildman–Crippen MR) is 81.8 cm³/mol. The van der Waals surface area contributed by atoms with E-state index in [0.29, 0.717) is 10.7 Å². The van der Waals surface area contributed by atoms with Crippen LogP contribution in [0.4, 0.5) is 0 Å². The second-order valence-electron chi connectivity index (χ2n) is 4.10. The van der Waals surface area contributed by atoms with Crippen molar-refractivity contribution < 1.29 is 9.94 Å². The minimum Gasteiger partial charge on any atom is -0.497 e. The molecule has 0 aliphatic carbocycles. The summed E-state index contributed by atoms with van der Waals surface area (Å²) >= 11 is 5.83. The fraction of sp³-hybridized carbons (Fsp3) is 0.0625. The van der Waals surface area contributed by atoms with E-state index in [2.05, 4.69) is 5.16 Å². The highest BCUT2D eigenvalue weighted by atomic mass is 35.5. The predicted octanol–water partition coefficient (Wildman–Crippen LogP) is 4.24. The van der Waals surface area contributed by atoms with Crippen molar-refractivity contribution in [2.45, 2.75) is 0 Å². The first-order valence-electron chi connectivity index (χ1n) is 6.03. The standard InChI is InChI=1S/C16H14ClNO2/c1-20-15-9-2-12(3-10-15)4-11-16(18-19)13-5-7-14(17)8-6-13/h2-11,19H,1H3/b11-4+,18-16-. The van der Waals surface area contributed by atoms with Gasteiger partial charge in [0.15, 0.2) is 0 Å². The SMILES string of the molecule is COc1ccc(/C=C/C(=N/O)c2ccc(Cl)cc2)cc1. The molecule has 0 unspecified atom stereocenters. The van der Waals surface area contributed by atoms with Gasteiger partial charge >= 0.3 is 0 Å². The zero-order chi connectivity index (χ0) is 14.4. The largest absolute Gasteiger partial charge is 0.497 e. The molecule has 0 bridgehead atoms. The lowest BCUT2D eigenvalue weighted by Crippen LogP contribution is -1.95. The molecule has 0 saturated carbocycles. The lowest BCUT2D eigenvalue weighted by atomic mass is 10.1. The lowest BCUT2D eigenvalue weighted by molar-refractivity contribution is 0.320. The van der Waals surface area contributed by atoms with E-state index in [1.54, 1.807) is 37.5 Å². The summed E-state index contributed by atoms with van der Waals surface area (Å²) in [6, 6.07) is 14.7. The van der Waals surface area contributed by atoms with E-state index in [4.69, 9.17) is 21.5 Å². The minimum absolute atomic E-state index is 0.470. The summed E-state index contributed by atoms with van der Waals surface area (Å²) in [4.78, 5) is 0. The van der Waals surface area contributed by atoms with E-state index in [9.17, 15) is 0 Å². The molecule has 2 aromatic carbocycles. The first kappa shape index (κ1) is 14.2. The van der Waals surface area contributed by atoms with Crippen molar-refractivity contribution in [2.75, 3.05) is 7.11 Å². The number of rotatable bonds is 4. The van der Waals surface area contributed by atoms with Crippen molar-refractivity contribution in [3.63, 3.8) is 0 Å². The number of nitrogens with zero attached hydrogens (tertiary/aromatic N) is 1. The van der Waals surface area contributed by atoms with Crippen LogP contribution in [0.5, 0.6) is 5.75 Å². The summed E-state index contributed by atoms with van der Waals surface area (Å²) in [6.45, 7) is 0. The third-order valence-electron chi connectivity index (χ3n) is 2.80. The zero-order valence-electron chi connectivity index (χ0n) is 11.0. The monoisotopic (exact) mass is 287 g/mol. The molecule has 0 amide bonds. The van der Waals surface area contributed by atoms with Gasteiger partial charge in [-0.15, -0.1) is 0 Å². The topological polar surface area (TPSA) is 41.8 Å². The van der Waals surface area contributed by atoms with Crippen molar-refractivity contribution in [1.82, 2.24) is 0 Å². The Hall–Kier alpha value is -2.26. The smallest absolute Gasteiger partial charge is 0.118 e. The summed E-state index contributed by atoms with van der Waals surface area (Å²) in [5, 5.41) is 13.0. The van der Waals surface area contributed by atoms with Crippen LogP contribution in [0.15, 0.2) is 59.8 Å². The first-order chi connectivity index (χ1) is 9.72. The molecule has 2 aromatic rings. The van der Waals surface area contributed by atoms with E-state index in [0.717, 1.165) is 16.9 Å². The summed E-state index contributed by atoms with van der Waals surface area (Å²) in [7, 11) is 1.63. The fourth-order valence-corrected chi connectivity index (χ4v) is 1.82. The van der Waals surface area contributed by atoms with Crippen LogP contribution in [0.3, 0.4) is 0 Å². The van der Waals surface area contributed by atoms with Gasteiger partial charge in [0.1, 0.15) is 11.5 Å². The molecule has 1 N–H and O–H groups in total. The maximum atomic E-state index is 9.09. The van der Waals surface area contributed by atoms with Crippen LogP contribution >= 0.6 is 11.6 Å². The van der Waals surface area contributed by atoms with Crippen LogP contribution in [0.25, 0.3) is 6.08 Å². The molecule has 0 spiro atoms. The average Bonchev–Trinajstić information content (AvgIpc) is 2.50. The van der Waals surface area contributed by atoms with E-state index in [1.165, 1.54) is 0 Å². The van der Waals surface area contributed by atoms with Gasteiger partial charge in [0.2, 0.25) is 0 Å². The first-order valence-corrected chi connectivity index (χ1v) is 6.41. The highest BCUT2D eigenvalue weighted by molar-refractivity contribution is 6.30. The van der Waals surface area contributed by atoms with Gasteiger partial charge in [-0.3, -0.25) is 0 Å². The van der Waals surface area contributed by atoms with Crippen LogP contribution < -0.4 is 4.74 Å². The van der Waals surface area contributed by atoms with Gasteiger partial charge in [-0.2, -0.15) is 0 Å². The second kappa shape index (κ2) is 6.78. The molecule has 0 heterocycles. The molecule has 4 heteroatoms. The normalized spacial score (nSPS) is 11.8. The van der Waals surface area contributed by atoms with Crippen molar-refractivity contribution in [3.8, 4) is 5.75 Å². The fourth-order valence-electron chi connectivity index (χ4n) is 1.70. The van der Waals surface area contributed by atoms with Gasteiger partial charge < -0.3 is 9.94 Å². The summed E-state index contributed by atoms with van der Waals surface area (Å²) in [6.07, 6.45) is 3.61. The Labute approximate surface area is 122 Å². The van der Waals surface area contributed by atoms with Crippen molar-refractivity contribution in [2.24, 2.45) is 5.16 Å². The van der Waals surface area contributed by atoms with Gasteiger partial charge in [-0.1, -0.05) is 47.1 Å². The molecule has 0 aliphatic rings. The van der Waals surface area contributed by atoms with Crippen molar-refractivity contribution in [1.29, 1.82) is 0 Å². The molecule has 0 fully saturated rings. The quantitative estimate of drug-likeness (QED) is 0.519. The van der Waals surface area contributed by atoms with Gasteiger partial charge in [-0.25, -0.2) is 0 Å². The van der Waals surface area contributed by atoms with Crippen LogP contribution in [-0.2, 0) is 0 Å². The Balaban J connectivity index is 2.17. The maximum absolute atomic E-state index is 9.09. The Bertz CT molecular complexity index is 616. The van der Waals surface area contributed by atoms with Crippen LogP contribution in [-0.4, -0.2) is 18.0 Å². The number of hydrogen-bond acceptors (Lipinski definition) is 3. The minimum atomic E-state index is 0.470. The number of ether oxygens (including phenoxy) is 1. The van der Waals surface area contributed by atoms with Crippen LogP contribution in [0, 0.1) is 0 Å². The van der Waals surface area contributed by atoms with E-state index in [-0.39, 0.29) is 0 Å². The highest BCUT2D eigenvalue weighted by Gasteiger charge is 2.00. The van der Waals surface area contributed by atoms with Gasteiger partial charge in [0.05, 0.1) is 7.11 Å². The van der Waals surface area contributed by atoms with Crippen LogP contribution in [0.2, 0.25) is 5.02 Å². The van der Waals surface area contributed by atoms with E-state index in [1.807, 2.05) is 30.3 Å². The molecule has 102 valence electrons. The zero-order valence-corrected chi connectivity index (χ0v) is 11.7. The number of benzene rings is 2. The average molecular weight is 288 g/mol. The Kier molecular flexibility index (Phi) is 4.80. The van der Waals surface area contributed by atoms with Crippen LogP contribution in [0.1, 0.15) is 11.1 Å². The molecule has 0 atom stereocenters. The molecule has 0 aromatic heterocycles. The van der Waals surface area contributed by atoms with Gasteiger partial charge in [0.25, 0.3) is 0 Å². The van der Waals surface area contributed by atoms with Gasteiger partial charge in [-0.05, 0) is 35.9 Å². The van der Waals surface area contributed by atoms with Crippen molar-refractivity contribution >= 4 is 23.4 Å². The Morgan fingerprint density at radius 3 is 2.30 bits per heavy atom. The number of allylic oxidation sites excluding steroid dienone is 1. The Morgan fingerprint density at radius 1 is 1.10 bits per heavy atom. The lowest BCUT2D eigenvalue weighted by Gasteiger charge is -2.01. The van der Waals surface area contributed by atoms with E-state index < -0.39 is 0 Å². The molecule has 0 radical (unpaired) electrons. The molecule has 2 rings (SSSR count). The molecule has 20 heavy (non-hydrogen) atoms. The summed E-state index contributed by atoms with van der Waals surface area (Å²) in [5.41, 5.74) is 2.25. The number of hydrogen-bond donors (Lipinski definition) is 1. The second-order valence-corrected chi connectivity index (χ2v) is 4.54. The molecule has 3 nitrogen and oxygen atoms in total. The number of halogens is 1. The van der Waals surface area contributed by atoms with Crippen molar-refractivity contribution in [3.05, 3.63) is 70.8 Å². The summed E-state index contributed by atoms with van der Waals surface area (Å²) in [5.74, 6) is 0.802. The number of oxime groups is 1. The third kappa shape index (κ3) is 3.62. The molecule has 0 saturated heterocycles.